The molecule has 0 saturated heterocycles. The van der Waals surface area contributed by atoms with E-state index in [4.69, 9.17) is 0 Å². The Morgan fingerprint density at radius 2 is 1.56 bits per heavy atom. The number of benzene rings is 2. The molecule has 0 unspecified atom stereocenters. The molecule has 0 bridgehead atoms. The molecule has 0 aliphatic rings. The summed E-state index contributed by atoms with van der Waals surface area (Å²) in [7, 11) is 0. The van der Waals surface area contributed by atoms with Crippen LogP contribution >= 0.6 is 0 Å². The number of hydrogen-bond acceptors (Lipinski definition) is 2. The fourth-order valence-corrected chi connectivity index (χ4v) is 1.96. The molecule has 0 heterocycles. The van der Waals surface area contributed by atoms with E-state index in [1.165, 1.54) is 22.3 Å². The smallest absolute Gasteiger partial charge is 0.0353 e. The lowest BCUT2D eigenvalue weighted by atomic mass is 10.1. The SMILES string of the molecule is Cc1ccc(CNNCc2ccccc2)c(C)c1. The molecule has 18 heavy (non-hydrogen) atoms. The third-order valence-electron chi connectivity index (χ3n) is 3.04. The van der Waals surface area contributed by atoms with Crippen molar-refractivity contribution in [2.24, 2.45) is 0 Å². The molecule has 0 amide bonds. The largest absolute Gasteiger partial charge is 0.253 e. The maximum atomic E-state index is 3.26. The van der Waals surface area contributed by atoms with Crippen LogP contribution in [0.2, 0.25) is 0 Å². The summed E-state index contributed by atoms with van der Waals surface area (Å²) in [6, 6.07) is 16.9. The summed E-state index contributed by atoms with van der Waals surface area (Å²) in [5.74, 6) is 0. The first-order chi connectivity index (χ1) is 8.75. The first kappa shape index (κ1) is 12.8. The Morgan fingerprint density at radius 1 is 0.833 bits per heavy atom. The second kappa shape index (κ2) is 6.34. The molecule has 0 radical (unpaired) electrons. The van der Waals surface area contributed by atoms with Crippen LogP contribution in [0, 0.1) is 13.8 Å². The zero-order valence-electron chi connectivity index (χ0n) is 11.0. The summed E-state index contributed by atoms with van der Waals surface area (Å²) in [5.41, 5.74) is 11.8. The maximum Gasteiger partial charge on any atom is 0.0353 e. The van der Waals surface area contributed by atoms with E-state index >= 15 is 0 Å². The van der Waals surface area contributed by atoms with Gasteiger partial charge in [-0.2, -0.15) is 0 Å². The standard InChI is InChI=1S/C16H20N2/c1-13-8-9-16(14(2)10-13)12-18-17-11-15-6-4-3-5-7-15/h3-10,17-18H,11-12H2,1-2H3. The minimum absolute atomic E-state index is 0.839. The second-order valence-corrected chi connectivity index (χ2v) is 4.62. The van der Waals surface area contributed by atoms with Crippen LogP contribution in [0.1, 0.15) is 22.3 Å². The van der Waals surface area contributed by atoms with Crippen molar-refractivity contribution in [1.29, 1.82) is 0 Å². The molecular weight excluding hydrogens is 220 g/mol. The third kappa shape index (κ3) is 3.69. The summed E-state index contributed by atoms with van der Waals surface area (Å²) >= 11 is 0. The highest BCUT2D eigenvalue weighted by Gasteiger charge is 1.97. The number of rotatable bonds is 5. The van der Waals surface area contributed by atoms with E-state index in [-0.39, 0.29) is 0 Å². The number of hydrogen-bond donors (Lipinski definition) is 2. The number of aryl methyl sites for hydroxylation is 2. The normalized spacial score (nSPS) is 10.6. The van der Waals surface area contributed by atoms with Crippen LogP contribution < -0.4 is 10.9 Å². The molecule has 0 aromatic heterocycles. The van der Waals surface area contributed by atoms with Crippen molar-refractivity contribution in [2.45, 2.75) is 26.9 Å². The van der Waals surface area contributed by atoms with Crippen LogP contribution in [0.25, 0.3) is 0 Å². The highest BCUT2D eigenvalue weighted by molar-refractivity contribution is 5.30. The van der Waals surface area contributed by atoms with E-state index in [1.807, 2.05) is 6.07 Å². The van der Waals surface area contributed by atoms with Crippen LogP contribution in [-0.2, 0) is 13.1 Å². The summed E-state index contributed by atoms with van der Waals surface area (Å²) < 4.78 is 0. The van der Waals surface area contributed by atoms with Crippen molar-refractivity contribution in [3.05, 3.63) is 70.8 Å². The zero-order chi connectivity index (χ0) is 12.8. The molecular formula is C16H20N2. The highest BCUT2D eigenvalue weighted by atomic mass is 15.3. The zero-order valence-corrected chi connectivity index (χ0v) is 11.0. The molecule has 0 atom stereocenters. The molecule has 0 saturated carbocycles. The summed E-state index contributed by atoms with van der Waals surface area (Å²) in [4.78, 5) is 0. The summed E-state index contributed by atoms with van der Waals surface area (Å²) in [6.45, 7) is 5.96. The van der Waals surface area contributed by atoms with Crippen molar-refractivity contribution in [3.8, 4) is 0 Å². The minimum Gasteiger partial charge on any atom is -0.253 e. The van der Waals surface area contributed by atoms with Gasteiger partial charge in [-0.1, -0.05) is 54.1 Å². The molecule has 2 heteroatoms. The molecule has 2 aromatic carbocycles. The second-order valence-electron chi connectivity index (χ2n) is 4.62. The van der Waals surface area contributed by atoms with Crippen molar-refractivity contribution < 1.29 is 0 Å². The molecule has 2 aromatic rings. The lowest BCUT2D eigenvalue weighted by Gasteiger charge is -2.10. The van der Waals surface area contributed by atoms with Gasteiger partial charge in [-0.15, -0.1) is 0 Å². The molecule has 2 nitrogen and oxygen atoms in total. The predicted molar refractivity (Wildman–Crippen MR) is 76.0 cm³/mol. The summed E-state index contributed by atoms with van der Waals surface area (Å²) in [6.07, 6.45) is 0. The van der Waals surface area contributed by atoms with Gasteiger partial charge in [-0.05, 0) is 30.5 Å². The van der Waals surface area contributed by atoms with Gasteiger partial charge in [0.15, 0.2) is 0 Å². The monoisotopic (exact) mass is 240 g/mol. The molecule has 0 spiro atoms. The van der Waals surface area contributed by atoms with E-state index in [0.29, 0.717) is 0 Å². The fourth-order valence-electron chi connectivity index (χ4n) is 1.96. The Balaban J connectivity index is 1.79. The first-order valence-electron chi connectivity index (χ1n) is 6.31. The molecule has 2 rings (SSSR count). The van der Waals surface area contributed by atoms with E-state index in [1.54, 1.807) is 0 Å². The quantitative estimate of drug-likeness (QED) is 0.620. The Bertz CT molecular complexity index is 492. The Morgan fingerprint density at radius 3 is 2.28 bits per heavy atom. The van der Waals surface area contributed by atoms with Gasteiger partial charge < -0.3 is 0 Å². The average molecular weight is 240 g/mol. The predicted octanol–water partition coefficient (Wildman–Crippen LogP) is 3.10. The molecule has 0 aliphatic carbocycles. The topological polar surface area (TPSA) is 24.1 Å². The van der Waals surface area contributed by atoms with Crippen LogP contribution in [0.15, 0.2) is 48.5 Å². The number of nitrogens with one attached hydrogen (secondary N) is 2. The molecule has 2 N–H and O–H groups in total. The van der Waals surface area contributed by atoms with Crippen molar-refractivity contribution in [2.75, 3.05) is 0 Å². The third-order valence-corrected chi connectivity index (χ3v) is 3.04. The van der Waals surface area contributed by atoms with Crippen LogP contribution in [0.3, 0.4) is 0 Å². The van der Waals surface area contributed by atoms with Gasteiger partial charge in [0.05, 0.1) is 0 Å². The molecule has 0 aliphatic heterocycles. The molecule has 94 valence electrons. The van der Waals surface area contributed by atoms with Gasteiger partial charge in [0.2, 0.25) is 0 Å². The highest BCUT2D eigenvalue weighted by Crippen LogP contribution is 2.09. The van der Waals surface area contributed by atoms with Crippen molar-refractivity contribution in [3.63, 3.8) is 0 Å². The Kier molecular flexibility index (Phi) is 4.51. The van der Waals surface area contributed by atoms with Crippen molar-refractivity contribution >= 4 is 0 Å². The van der Waals surface area contributed by atoms with E-state index in [9.17, 15) is 0 Å². The average Bonchev–Trinajstić information content (AvgIpc) is 2.38. The molecule has 0 fully saturated rings. The van der Waals surface area contributed by atoms with Gasteiger partial charge in [-0.3, -0.25) is 10.9 Å². The van der Waals surface area contributed by atoms with Gasteiger partial charge in [-0.25, -0.2) is 0 Å². The van der Waals surface area contributed by atoms with Gasteiger partial charge >= 0.3 is 0 Å². The van der Waals surface area contributed by atoms with Crippen LogP contribution in [-0.4, -0.2) is 0 Å². The van der Waals surface area contributed by atoms with E-state index in [0.717, 1.165) is 13.1 Å². The van der Waals surface area contributed by atoms with Gasteiger partial charge in [0.1, 0.15) is 0 Å². The number of hydrazine groups is 1. The fraction of sp³-hybridized carbons (Fsp3) is 0.250. The van der Waals surface area contributed by atoms with Gasteiger partial charge in [0.25, 0.3) is 0 Å². The Hall–Kier alpha value is -1.64. The van der Waals surface area contributed by atoms with Crippen LogP contribution in [0.5, 0.6) is 0 Å². The lowest BCUT2D eigenvalue weighted by Crippen LogP contribution is -2.30. The maximum absolute atomic E-state index is 3.26. The first-order valence-corrected chi connectivity index (χ1v) is 6.31. The van der Waals surface area contributed by atoms with Crippen molar-refractivity contribution in [1.82, 2.24) is 10.9 Å². The lowest BCUT2D eigenvalue weighted by molar-refractivity contribution is 0.528. The van der Waals surface area contributed by atoms with Crippen LogP contribution in [0.4, 0.5) is 0 Å². The van der Waals surface area contributed by atoms with E-state index < -0.39 is 0 Å². The Labute approximate surface area is 109 Å². The minimum atomic E-state index is 0.839. The van der Waals surface area contributed by atoms with Gasteiger partial charge in [0, 0.05) is 13.1 Å². The van der Waals surface area contributed by atoms with E-state index in [2.05, 4.69) is 67.2 Å². The summed E-state index contributed by atoms with van der Waals surface area (Å²) in [5, 5.41) is 0.